The number of nitrogens with zero attached hydrogens (tertiary/aromatic N) is 2. The minimum absolute atomic E-state index is 0.614. The maximum absolute atomic E-state index is 4.30. The zero-order chi connectivity index (χ0) is 15.2. The van der Waals surface area contributed by atoms with E-state index < -0.39 is 0 Å². The molecule has 0 aliphatic carbocycles. The molecular formula is C17H28BrN3. The lowest BCUT2D eigenvalue weighted by atomic mass is 9.94. The highest BCUT2D eigenvalue weighted by molar-refractivity contribution is 9.10. The van der Waals surface area contributed by atoms with Gasteiger partial charge >= 0.3 is 0 Å². The van der Waals surface area contributed by atoms with E-state index in [0.717, 1.165) is 30.0 Å². The van der Waals surface area contributed by atoms with Crippen LogP contribution in [0.5, 0.6) is 0 Å². The van der Waals surface area contributed by atoms with Gasteiger partial charge in [-0.25, -0.2) is 0 Å². The SMILES string of the molecule is CCCC1CNC(C(C)CC)CN1Cc1cncc(Br)c1. The second-order valence-electron chi connectivity index (χ2n) is 6.28. The maximum atomic E-state index is 4.30. The molecule has 0 bridgehead atoms. The van der Waals surface area contributed by atoms with E-state index in [-0.39, 0.29) is 0 Å². The van der Waals surface area contributed by atoms with Crippen molar-refractivity contribution in [3.8, 4) is 0 Å². The van der Waals surface area contributed by atoms with Gasteiger partial charge in [0.2, 0.25) is 0 Å². The Morgan fingerprint density at radius 1 is 1.43 bits per heavy atom. The van der Waals surface area contributed by atoms with Crippen molar-refractivity contribution in [1.82, 2.24) is 15.2 Å². The highest BCUT2D eigenvalue weighted by atomic mass is 79.9. The molecule has 2 heterocycles. The molecule has 0 amide bonds. The molecule has 2 rings (SSSR count). The zero-order valence-electron chi connectivity index (χ0n) is 13.5. The van der Waals surface area contributed by atoms with Gasteiger partial charge < -0.3 is 5.32 Å². The molecule has 118 valence electrons. The molecule has 0 spiro atoms. The fourth-order valence-electron chi connectivity index (χ4n) is 3.14. The third kappa shape index (κ3) is 4.76. The van der Waals surface area contributed by atoms with E-state index in [1.807, 2.05) is 12.4 Å². The fraction of sp³-hybridized carbons (Fsp3) is 0.706. The molecule has 1 saturated heterocycles. The first-order chi connectivity index (χ1) is 10.1. The first-order valence-corrected chi connectivity index (χ1v) is 9.00. The largest absolute Gasteiger partial charge is 0.311 e. The number of hydrogen-bond acceptors (Lipinski definition) is 3. The summed E-state index contributed by atoms with van der Waals surface area (Å²) >= 11 is 3.53. The van der Waals surface area contributed by atoms with Crippen LogP contribution in [0.4, 0.5) is 0 Å². The van der Waals surface area contributed by atoms with Crippen LogP contribution in [-0.4, -0.2) is 35.1 Å². The molecule has 3 atom stereocenters. The van der Waals surface area contributed by atoms with Gasteiger partial charge in [0.25, 0.3) is 0 Å². The van der Waals surface area contributed by atoms with E-state index >= 15 is 0 Å². The van der Waals surface area contributed by atoms with Crippen LogP contribution < -0.4 is 5.32 Å². The normalized spacial score (nSPS) is 25.0. The molecule has 3 nitrogen and oxygen atoms in total. The van der Waals surface area contributed by atoms with Gasteiger partial charge in [-0.1, -0.05) is 33.6 Å². The molecule has 1 aliphatic rings. The number of halogens is 1. The average molecular weight is 354 g/mol. The molecule has 0 saturated carbocycles. The predicted molar refractivity (Wildman–Crippen MR) is 92.3 cm³/mol. The smallest absolute Gasteiger partial charge is 0.0410 e. The van der Waals surface area contributed by atoms with Crippen LogP contribution in [0.2, 0.25) is 0 Å². The highest BCUT2D eigenvalue weighted by Gasteiger charge is 2.29. The Balaban J connectivity index is 2.06. The van der Waals surface area contributed by atoms with Crippen molar-refractivity contribution >= 4 is 15.9 Å². The Bertz CT molecular complexity index is 438. The predicted octanol–water partition coefficient (Wildman–Crippen LogP) is 3.83. The molecule has 1 aromatic heterocycles. The van der Waals surface area contributed by atoms with Gasteiger partial charge in [-0.15, -0.1) is 0 Å². The number of pyridine rings is 1. The molecule has 3 unspecified atom stereocenters. The summed E-state index contributed by atoms with van der Waals surface area (Å²) in [6.45, 7) is 10.2. The Morgan fingerprint density at radius 2 is 2.24 bits per heavy atom. The first-order valence-electron chi connectivity index (χ1n) is 8.20. The summed E-state index contributed by atoms with van der Waals surface area (Å²) in [7, 11) is 0. The lowest BCUT2D eigenvalue weighted by Crippen LogP contribution is -2.57. The van der Waals surface area contributed by atoms with Gasteiger partial charge in [0.05, 0.1) is 0 Å². The van der Waals surface area contributed by atoms with Crippen molar-refractivity contribution in [2.24, 2.45) is 5.92 Å². The zero-order valence-corrected chi connectivity index (χ0v) is 15.1. The van der Waals surface area contributed by atoms with Crippen LogP contribution in [0.3, 0.4) is 0 Å². The van der Waals surface area contributed by atoms with Gasteiger partial charge in [0.15, 0.2) is 0 Å². The molecule has 1 aromatic rings. The summed E-state index contributed by atoms with van der Waals surface area (Å²) in [6, 6.07) is 3.45. The van der Waals surface area contributed by atoms with Crippen molar-refractivity contribution in [3.63, 3.8) is 0 Å². The summed E-state index contributed by atoms with van der Waals surface area (Å²) in [5.41, 5.74) is 1.30. The molecule has 1 fully saturated rings. The quantitative estimate of drug-likeness (QED) is 0.842. The van der Waals surface area contributed by atoms with Gasteiger partial charge in [-0.2, -0.15) is 0 Å². The second kappa shape index (κ2) is 8.25. The lowest BCUT2D eigenvalue weighted by Gasteiger charge is -2.42. The molecule has 1 aliphatic heterocycles. The van der Waals surface area contributed by atoms with E-state index in [9.17, 15) is 0 Å². The van der Waals surface area contributed by atoms with Crippen molar-refractivity contribution < 1.29 is 0 Å². The topological polar surface area (TPSA) is 28.2 Å². The summed E-state index contributed by atoms with van der Waals surface area (Å²) < 4.78 is 1.07. The minimum atomic E-state index is 0.614. The van der Waals surface area contributed by atoms with Crippen molar-refractivity contribution in [3.05, 3.63) is 28.5 Å². The summed E-state index contributed by atoms with van der Waals surface area (Å²) in [4.78, 5) is 6.95. The van der Waals surface area contributed by atoms with Gasteiger partial charge in [-0.05, 0) is 39.9 Å². The van der Waals surface area contributed by atoms with E-state index in [1.165, 1.54) is 24.8 Å². The summed E-state index contributed by atoms with van der Waals surface area (Å²) in [5.74, 6) is 0.732. The second-order valence-corrected chi connectivity index (χ2v) is 7.20. The summed E-state index contributed by atoms with van der Waals surface area (Å²) in [6.07, 6.45) is 7.60. The first kappa shape index (κ1) is 16.9. The molecule has 0 aromatic carbocycles. The number of rotatable bonds is 6. The molecule has 0 radical (unpaired) electrons. The standard InChI is InChI=1S/C17H28BrN3/c1-4-6-16-10-20-17(13(3)5-2)12-21(16)11-14-7-15(18)9-19-8-14/h7-9,13,16-17,20H,4-6,10-12H2,1-3H3. The number of hydrogen-bond donors (Lipinski definition) is 1. The molecule has 1 N–H and O–H groups in total. The van der Waals surface area contributed by atoms with Crippen molar-refractivity contribution in [2.75, 3.05) is 13.1 Å². The van der Waals surface area contributed by atoms with Crippen LogP contribution in [0.1, 0.15) is 45.6 Å². The van der Waals surface area contributed by atoms with Gasteiger partial charge in [0, 0.05) is 48.6 Å². The molecular weight excluding hydrogens is 326 g/mol. The fourth-order valence-corrected chi connectivity index (χ4v) is 3.55. The third-order valence-electron chi connectivity index (χ3n) is 4.66. The van der Waals surface area contributed by atoms with Crippen LogP contribution >= 0.6 is 15.9 Å². The van der Waals surface area contributed by atoms with Crippen LogP contribution in [0.15, 0.2) is 22.9 Å². The van der Waals surface area contributed by atoms with Crippen LogP contribution in [0.25, 0.3) is 0 Å². The number of aromatic nitrogens is 1. The maximum Gasteiger partial charge on any atom is 0.0410 e. The Labute approximate surface area is 137 Å². The number of nitrogens with one attached hydrogen (secondary N) is 1. The Hall–Kier alpha value is -0.450. The highest BCUT2D eigenvalue weighted by Crippen LogP contribution is 2.21. The van der Waals surface area contributed by atoms with E-state index in [0.29, 0.717) is 12.1 Å². The Morgan fingerprint density at radius 3 is 2.90 bits per heavy atom. The lowest BCUT2D eigenvalue weighted by molar-refractivity contribution is 0.0959. The third-order valence-corrected chi connectivity index (χ3v) is 5.10. The van der Waals surface area contributed by atoms with E-state index in [1.54, 1.807) is 0 Å². The molecule has 21 heavy (non-hydrogen) atoms. The van der Waals surface area contributed by atoms with Gasteiger partial charge in [0.1, 0.15) is 0 Å². The summed E-state index contributed by atoms with van der Waals surface area (Å²) in [5, 5.41) is 3.77. The van der Waals surface area contributed by atoms with Crippen molar-refractivity contribution in [2.45, 2.75) is 58.7 Å². The number of piperazine rings is 1. The van der Waals surface area contributed by atoms with E-state index in [4.69, 9.17) is 0 Å². The van der Waals surface area contributed by atoms with Crippen molar-refractivity contribution in [1.29, 1.82) is 0 Å². The van der Waals surface area contributed by atoms with Gasteiger partial charge in [-0.3, -0.25) is 9.88 Å². The minimum Gasteiger partial charge on any atom is -0.311 e. The molecule has 4 heteroatoms. The van der Waals surface area contributed by atoms with E-state index in [2.05, 4.69) is 58.0 Å². The monoisotopic (exact) mass is 353 g/mol. The van der Waals surface area contributed by atoms with Crippen LogP contribution in [0, 0.1) is 5.92 Å². The van der Waals surface area contributed by atoms with Crippen LogP contribution in [-0.2, 0) is 6.54 Å². The Kier molecular flexibility index (Phi) is 6.65. The average Bonchev–Trinajstić information content (AvgIpc) is 2.48.